The predicted octanol–water partition coefficient (Wildman–Crippen LogP) is 2.79. The highest BCUT2D eigenvalue weighted by Gasteiger charge is 2.18. The summed E-state index contributed by atoms with van der Waals surface area (Å²) >= 11 is 12.0. The topological polar surface area (TPSA) is 55.9 Å². The van der Waals surface area contributed by atoms with Crippen molar-refractivity contribution >= 4 is 23.2 Å². The number of hydrogen-bond donors (Lipinski definition) is 2. The van der Waals surface area contributed by atoms with Gasteiger partial charge in [0.05, 0.1) is 21.4 Å². The van der Waals surface area contributed by atoms with Gasteiger partial charge in [0.2, 0.25) is 0 Å². The van der Waals surface area contributed by atoms with Crippen molar-refractivity contribution in [1.82, 2.24) is 15.2 Å². The van der Waals surface area contributed by atoms with Crippen LogP contribution in [0.3, 0.4) is 0 Å². The molecule has 0 amide bonds. The SMILES string of the molecule is Cc1nn(C)c(CC(Cc2cccc(Cl)c2F)NN)c1Cl. The van der Waals surface area contributed by atoms with Crippen molar-refractivity contribution < 1.29 is 4.39 Å². The minimum absolute atomic E-state index is 0.109. The standard InChI is InChI=1S/C14H17Cl2FN4/c1-8-13(16)12(21(2)20-8)7-10(19-18)6-9-4-3-5-11(15)14(9)17/h3-5,10,19H,6-7,18H2,1-2H3. The molecule has 0 fully saturated rings. The molecule has 0 aliphatic carbocycles. The molecular weight excluding hydrogens is 314 g/mol. The van der Waals surface area contributed by atoms with E-state index in [1.807, 2.05) is 14.0 Å². The molecule has 2 rings (SSSR count). The van der Waals surface area contributed by atoms with Crippen LogP contribution in [-0.2, 0) is 19.9 Å². The Hall–Kier alpha value is -1.14. The first kappa shape index (κ1) is 16.2. The van der Waals surface area contributed by atoms with E-state index < -0.39 is 5.82 Å². The molecule has 0 saturated carbocycles. The lowest BCUT2D eigenvalue weighted by Crippen LogP contribution is -2.39. The van der Waals surface area contributed by atoms with E-state index >= 15 is 0 Å². The van der Waals surface area contributed by atoms with Crippen molar-refractivity contribution in [2.75, 3.05) is 0 Å². The van der Waals surface area contributed by atoms with Gasteiger partial charge in [0.1, 0.15) is 5.82 Å². The van der Waals surface area contributed by atoms with Gasteiger partial charge < -0.3 is 0 Å². The van der Waals surface area contributed by atoms with Crippen molar-refractivity contribution in [3.8, 4) is 0 Å². The van der Waals surface area contributed by atoms with Gasteiger partial charge in [0.15, 0.2) is 0 Å². The molecular formula is C14H17Cl2FN4. The molecule has 2 aromatic rings. The van der Waals surface area contributed by atoms with Gasteiger partial charge in [0, 0.05) is 19.5 Å². The number of nitrogens with two attached hydrogens (primary N) is 1. The van der Waals surface area contributed by atoms with E-state index in [0.29, 0.717) is 23.4 Å². The lowest BCUT2D eigenvalue weighted by atomic mass is 10.0. The van der Waals surface area contributed by atoms with Crippen LogP contribution in [-0.4, -0.2) is 15.8 Å². The minimum Gasteiger partial charge on any atom is -0.271 e. The summed E-state index contributed by atoms with van der Waals surface area (Å²) in [4.78, 5) is 0. The van der Waals surface area contributed by atoms with Crippen LogP contribution in [0.5, 0.6) is 0 Å². The van der Waals surface area contributed by atoms with Gasteiger partial charge in [0.25, 0.3) is 0 Å². The molecule has 1 aromatic heterocycles. The second-order valence-corrected chi connectivity index (χ2v) is 5.74. The van der Waals surface area contributed by atoms with E-state index in [-0.39, 0.29) is 11.1 Å². The lowest BCUT2D eigenvalue weighted by Gasteiger charge is -2.17. The van der Waals surface area contributed by atoms with Crippen molar-refractivity contribution in [2.45, 2.75) is 25.8 Å². The third-order valence-electron chi connectivity index (χ3n) is 3.43. The van der Waals surface area contributed by atoms with Crippen LogP contribution >= 0.6 is 23.2 Å². The number of rotatable bonds is 5. The fraction of sp³-hybridized carbons (Fsp3) is 0.357. The summed E-state index contributed by atoms with van der Waals surface area (Å²) in [5.41, 5.74) is 4.84. The van der Waals surface area contributed by atoms with Crippen LogP contribution in [0.1, 0.15) is 17.0 Å². The number of nitrogens with zero attached hydrogens (tertiary/aromatic N) is 2. The average molecular weight is 331 g/mol. The highest BCUT2D eigenvalue weighted by Crippen LogP contribution is 2.23. The maximum absolute atomic E-state index is 14.0. The highest BCUT2D eigenvalue weighted by atomic mass is 35.5. The van der Waals surface area contributed by atoms with E-state index in [2.05, 4.69) is 10.5 Å². The molecule has 1 unspecified atom stereocenters. The number of hydrogen-bond acceptors (Lipinski definition) is 3. The molecule has 21 heavy (non-hydrogen) atoms. The lowest BCUT2D eigenvalue weighted by molar-refractivity contribution is 0.493. The van der Waals surface area contributed by atoms with E-state index in [9.17, 15) is 4.39 Å². The van der Waals surface area contributed by atoms with Crippen LogP contribution < -0.4 is 11.3 Å². The van der Waals surface area contributed by atoms with Crippen molar-refractivity contribution in [3.63, 3.8) is 0 Å². The van der Waals surface area contributed by atoms with E-state index in [1.165, 1.54) is 6.07 Å². The molecule has 4 nitrogen and oxygen atoms in total. The quantitative estimate of drug-likeness (QED) is 0.654. The van der Waals surface area contributed by atoms with E-state index in [1.54, 1.807) is 16.8 Å². The van der Waals surface area contributed by atoms with Gasteiger partial charge >= 0.3 is 0 Å². The number of nitrogens with one attached hydrogen (secondary N) is 1. The molecule has 1 aromatic carbocycles. The van der Waals surface area contributed by atoms with Crippen LogP contribution in [0.4, 0.5) is 4.39 Å². The number of benzene rings is 1. The maximum Gasteiger partial charge on any atom is 0.145 e. The first-order chi connectivity index (χ1) is 9.93. The van der Waals surface area contributed by atoms with Gasteiger partial charge in [-0.3, -0.25) is 16.0 Å². The molecule has 114 valence electrons. The fourth-order valence-corrected chi connectivity index (χ4v) is 2.73. The summed E-state index contributed by atoms with van der Waals surface area (Å²) in [6.07, 6.45) is 0.947. The maximum atomic E-state index is 14.0. The molecule has 0 saturated heterocycles. The number of hydrazine groups is 1. The number of aryl methyl sites for hydroxylation is 2. The summed E-state index contributed by atoms with van der Waals surface area (Å²) in [6.45, 7) is 1.84. The Morgan fingerprint density at radius 3 is 2.67 bits per heavy atom. The third kappa shape index (κ3) is 3.55. The molecule has 7 heteroatoms. The Balaban J connectivity index is 2.19. The van der Waals surface area contributed by atoms with Gasteiger partial charge in [-0.25, -0.2) is 4.39 Å². The van der Waals surface area contributed by atoms with Crippen LogP contribution in [0.15, 0.2) is 18.2 Å². The smallest absolute Gasteiger partial charge is 0.145 e. The normalized spacial score (nSPS) is 12.7. The Morgan fingerprint density at radius 2 is 2.10 bits per heavy atom. The van der Waals surface area contributed by atoms with Gasteiger partial charge in [-0.15, -0.1) is 0 Å². The molecule has 0 radical (unpaired) electrons. The van der Waals surface area contributed by atoms with Crippen molar-refractivity contribution in [1.29, 1.82) is 0 Å². The van der Waals surface area contributed by atoms with Crippen molar-refractivity contribution in [3.05, 3.63) is 51.0 Å². The highest BCUT2D eigenvalue weighted by molar-refractivity contribution is 6.31. The Morgan fingerprint density at radius 1 is 1.38 bits per heavy atom. The summed E-state index contributed by atoms with van der Waals surface area (Å²) in [6, 6.07) is 4.76. The minimum atomic E-state index is -0.410. The second-order valence-electron chi connectivity index (χ2n) is 4.95. The molecule has 0 aliphatic heterocycles. The number of aromatic nitrogens is 2. The molecule has 0 bridgehead atoms. The summed E-state index contributed by atoms with van der Waals surface area (Å²) in [5, 5.41) is 4.98. The van der Waals surface area contributed by atoms with Crippen LogP contribution in [0, 0.1) is 12.7 Å². The zero-order valence-corrected chi connectivity index (χ0v) is 13.3. The second kappa shape index (κ2) is 6.75. The number of halogens is 3. The molecule has 3 N–H and O–H groups in total. The monoisotopic (exact) mass is 330 g/mol. The summed E-state index contributed by atoms with van der Waals surface area (Å²) in [5.74, 6) is 5.17. The van der Waals surface area contributed by atoms with Gasteiger partial charge in [-0.1, -0.05) is 35.3 Å². The molecule has 1 heterocycles. The molecule has 0 aliphatic rings. The Labute approximate surface area is 133 Å². The third-order valence-corrected chi connectivity index (χ3v) is 4.22. The average Bonchev–Trinajstić information content (AvgIpc) is 2.69. The van der Waals surface area contributed by atoms with Crippen molar-refractivity contribution in [2.24, 2.45) is 12.9 Å². The van der Waals surface area contributed by atoms with E-state index in [4.69, 9.17) is 29.0 Å². The summed E-state index contributed by atoms with van der Waals surface area (Å²) < 4.78 is 15.7. The predicted molar refractivity (Wildman–Crippen MR) is 82.9 cm³/mol. The van der Waals surface area contributed by atoms with E-state index in [0.717, 1.165) is 11.4 Å². The molecule has 0 spiro atoms. The fourth-order valence-electron chi connectivity index (χ4n) is 2.30. The van der Waals surface area contributed by atoms with Crippen LogP contribution in [0.2, 0.25) is 10.0 Å². The van der Waals surface area contributed by atoms with Gasteiger partial charge in [-0.05, 0) is 25.0 Å². The first-order valence-electron chi connectivity index (χ1n) is 6.51. The first-order valence-corrected chi connectivity index (χ1v) is 7.26. The zero-order valence-electron chi connectivity index (χ0n) is 11.8. The molecule has 1 atom stereocenters. The van der Waals surface area contributed by atoms with Crippen LogP contribution in [0.25, 0.3) is 0 Å². The summed E-state index contributed by atoms with van der Waals surface area (Å²) in [7, 11) is 1.82. The zero-order chi connectivity index (χ0) is 15.6. The van der Waals surface area contributed by atoms with Gasteiger partial charge in [-0.2, -0.15) is 5.10 Å². The Kier molecular flexibility index (Phi) is 5.22. The Bertz CT molecular complexity index is 642. The largest absolute Gasteiger partial charge is 0.271 e.